The Morgan fingerprint density at radius 2 is 1.96 bits per heavy atom. The monoisotopic (exact) mass is 349 g/mol. The summed E-state index contributed by atoms with van der Waals surface area (Å²) in [6, 6.07) is 4.81. The minimum absolute atomic E-state index is 0.194. The number of ether oxygens (including phenoxy) is 1. The van der Waals surface area contributed by atoms with Crippen LogP contribution in [0.2, 0.25) is 5.02 Å². The van der Waals surface area contributed by atoms with Gasteiger partial charge in [-0.25, -0.2) is 0 Å². The average molecular weight is 350 g/mol. The summed E-state index contributed by atoms with van der Waals surface area (Å²) in [6.45, 7) is 2.75. The first kappa shape index (κ1) is 18.2. The smallest absolute Gasteiger partial charge is 0.303 e. The molecule has 1 unspecified atom stereocenters. The van der Waals surface area contributed by atoms with Gasteiger partial charge in [-0.1, -0.05) is 17.7 Å². The number of allylic oxidation sites excluding steroid dienone is 1. The number of ketones is 1. The maximum absolute atomic E-state index is 13.0. The zero-order valence-electron chi connectivity index (χ0n) is 14.0. The summed E-state index contributed by atoms with van der Waals surface area (Å²) in [5.74, 6) is -0.889. The van der Waals surface area contributed by atoms with E-state index < -0.39 is 12.1 Å². The van der Waals surface area contributed by atoms with Crippen LogP contribution >= 0.6 is 11.6 Å². The number of esters is 1. The van der Waals surface area contributed by atoms with E-state index in [1.54, 1.807) is 31.3 Å². The summed E-state index contributed by atoms with van der Waals surface area (Å²) in [7, 11) is 1.60. The molecule has 0 bridgehead atoms. The van der Waals surface area contributed by atoms with Gasteiger partial charge in [0.25, 0.3) is 0 Å². The van der Waals surface area contributed by atoms with Gasteiger partial charge in [-0.05, 0) is 37.5 Å². The molecule has 0 saturated carbocycles. The summed E-state index contributed by atoms with van der Waals surface area (Å²) >= 11 is 6.04. The lowest BCUT2D eigenvalue weighted by Gasteiger charge is -2.25. The van der Waals surface area contributed by atoms with Crippen molar-refractivity contribution in [2.45, 2.75) is 39.2 Å². The molecule has 128 valence electrons. The number of carbonyl (C=O) groups is 3. The molecule has 0 heterocycles. The number of amides is 1. The molecule has 1 aromatic carbocycles. The third-order valence-electron chi connectivity index (χ3n) is 3.99. The number of nitrogens with zero attached hydrogens (tertiary/aromatic N) is 1. The lowest BCUT2D eigenvalue weighted by Crippen LogP contribution is -2.29. The van der Waals surface area contributed by atoms with Crippen molar-refractivity contribution in [1.82, 2.24) is 0 Å². The summed E-state index contributed by atoms with van der Waals surface area (Å²) in [5, 5.41) is 0.402. The lowest BCUT2D eigenvalue weighted by atomic mass is 9.89. The molecule has 0 fully saturated rings. The van der Waals surface area contributed by atoms with Crippen LogP contribution in [-0.2, 0) is 14.3 Å². The maximum Gasteiger partial charge on any atom is 0.303 e. The van der Waals surface area contributed by atoms with Gasteiger partial charge >= 0.3 is 5.97 Å². The number of rotatable bonds is 4. The Morgan fingerprint density at radius 1 is 1.25 bits per heavy atom. The first-order valence-electron chi connectivity index (χ1n) is 7.77. The summed E-state index contributed by atoms with van der Waals surface area (Å²) < 4.78 is 5.28. The van der Waals surface area contributed by atoms with Crippen molar-refractivity contribution in [2.75, 3.05) is 11.9 Å². The second kappa shape index (κ2) is 7.62. The van der Waals surface area contributed by atoms with Crippen molar-refractivity contribution in [1.29, 1.82) is 0 Å². The molecule has 0 N–H and O–H groups in total. The number of hydrogen-bond donors (Lipinski definition) is 0. The highest BCUT2D eigenvalue weighted by atomic mass is 35.5. The fraction of sp³-hybridized carbons (Fsp3) is 0.389. The van der Waals surface area contributed by atoms with Crippen LogP contribution in [0.1, 0.15) is 43.5 Å². The summed E-state index contributed by atoms with van der Waals surface area (Å²) in [4.78, 5) is 37.4. The van der Waals surface area contributed by atoms with Crippen LogP contribution < -0.4 is 4.90 Å². The van der Waals surface area contributed by atoms with Crippen LogP contribution in [0.25, 0.3) is 0 Å². The van der Waals surface area contributed by atoms with Crippen molar-refractivity contribution in [3.63, 3.8) is 0 Å². The lowest BCUT2D eigenvalue weighted by molar-refractivity contribution is -0.144. The topological polar surface area (TPSA) is 63.7 Å². The van der Waals surface area contributed by atoms with E-state index >= 15 is 0 Å². The van der Waals surface area contributed by atoms with E-state index in [4.69, 9.17) is 16.3 Å². The van der Waals surface area contributed by atoms with Gasteiger partial charge in [-0.3, -0.25) is 14.4 Å². The number of hydrogen-bond acceptors (Lipinski definition) is 4. The van der Waals surface area contributed by atoms with E-state index in [1.165, 1.54) is 18.7 Å². The second-order valence-corrected chi connectivity index (χ2v) is 6.19. The maximum atomic E-state index is 13.0. The molecular formula is C18H20ClNO4. The number of halogens is 1. The molecule has 0 radical (unpaired) electrons. The Labute approximate surface area is 146 Å². The van der Waals surface area contributed by atoms with E-state index in [-0.39, 0.29) is 11.7 Å². The molecule has 5 nitrogen and oxygen atoms in total. The first-order valence-corrected chi connectivity index (χ1v) is 8.15. The standard InChI is InChI=1S/C18H20ClNO4/c1-11(21)20(3)16-9-8-13(19)10-15(16)18(23)14-6-4-5-7-17(14)24-12(2)22/h6,8-10,17H,4-5,7H2,1-3H3. The third-order valence-corrected chi connectivity index (χ3v) is 4.22. The Balaban J connectivity index is 2.44. The Kier molecular flexibility index (Phi) is 5.78. The van der Waals surface area contributed by atoms with Gasteiger partial charge in [0.05, 0.1) is 5.69 Å². The van der Waals surface area contributed by atoms with Crippen LogP contribution in [0.5, 0.6) is 0 Å². The van der Waals surface area contributed by atoms with Gasteiger partial charge in [-0.2, -0.15) is 0 Å². The highest BCUT2D eigenvalue weighted by Gasteiger charge is 2.29. The van der Waals surface area contributed by atoms with Crippen molar-refractivity contribution in [3.05, 3.63) is 40.4 Å². The van der Waals surface area contributed by atoms with E-state index in [0.29, 0.717) is 28.3 Å². The third kappa shape index (κ3) is 4.03. The molecule has 0 saturated heterocycles. The van der Waals surface area contributed by atoms with Crippen LogP contribution in [-0.4, -0.2) is 30.8 Å². The van der Waals surface area contributed by atoms with E-state index in [1.807, 2.05) is 0 Å². The SMILES string of the molecule is CC(=O)OC1CCCC=C1C(=O)c1cc(Cl)ccc1N(C)C(C)=O. The fourth-order valence-electron chi connectivity index (χ4n) is 2.72. The van der Waals surface area contributed by atoms with Crippen LogP contribution in [0, 0.1) is 0 Å². The second-order valence-electron chi connectivity index (χ2n) is 5.76. The van der Waals surface area contributed by atoms with Crippen molar-refractivity contribution in [2.24, 2.45) is 0 Å². The largest absolute Gasteiger partial charge is 0.458 e. The van der Waals surface area contributed by atoms with Crippen LogP contribution in [0.15, 0.2) is 29.8 Å². The summed E-state index contributed by atoms with van der Waals surface area (Å²) in [5.41, 5.74) is 1.24. The van der Waals surface area contributed by atoms with Gasteiger partial charge in [-0.15, -0.1) is 0 Å². The Bertz CT molecular complexity index is 711. The molecule has 24 heavy (non-hydrogen) atoms. The van der Waals surface area contributed by atoms with Gasteiger partial charge in [0.1, 0.15) is 6.10 Å². The normalized spacial score (nSPS) is 17.0. The van der Waals surface area contributed by atoms with Gasteiger partial charge in [0, 0.05) is 37.1 Å². The Morgan fingerprint density at radius 3 is 2.58 bits per heavy atom. The molecule has 0 aliphatic heterocycles. The van der Waals surface area contributed by atoms with Gasteiger partial charge in [0.15, 0.2) is 5.78 Å². The van der Waals surface area contributed by atoms with Gasteiger partial charge < -0.3 is 9.64 Å². The molecule has 0 aromatic heterocycles. The predicted molar refractivity (Wildman–Crippen MR) is 92.4 cm³/mol. The minimum Gasteiger partial charge on any atom is -0.458 e. The molecule has 1 amide bonds. The molecule has 1 aliphatic rings. The fourth-order valence-corrected chi connectivity index (χ4v) is 2.89. The first-order chi connectivity index (χ1) is 11.3. The van der Waals surface area contributed by atoms with E-state index in [9.17, 15) is 14.4 Å². The molecule has 1 aromatic rings. The minimum atomic E-state index is -0.557. The quantitative estimate of drug-likeness (QED) is 0.616. The molecule has 2 rings (SSSR count). The van der Waals surface area contributed by atoms with E-state index in [0.717, 1.165) is 12.8 Å². The molecular weight excluding hydrogens is 330 g/mol. The van der Waals surface area contributed by atoms with E-state index in [2.05, 4.69) is 0 Å². The molecule has 1 atom stereocenters. The van der Waals surface area contributed by atoms with Crippen LogP contribution in [0.4, 0.5) is 5.69 Å². The zero-order valence-corrected chi connectivity index (χ0v) is 14.7. The number of Topliss-reactive ketones (excluding diaryl/α,β-unsaturated/α-hetero) is 1. The molecule has 1 aliphatic carbocycles. The zero-order chi connectivity index (χ0) is 17.9. The predicted octanol–water partition coefficient (Wildman–Crippen LogP) is 3.55. The van der Waals surface area contributed by atoms with Crippen LogP contribution in [0.3, 0.4) is 0 Å². The van der Waals surface area contributed by atoms with Crippen molar-refractivity contribution < 1.29 is 19.1 Å². The number of carbonyl (C=O) groups excluding carboxylic acids is 3. The Hall–Kier alpha value is -2.14. The highest BCUT2D eigenvalue weighted by molar-refractivity contribution is 6.31. The van der Waals surface area contributed by atoms with Gasteiger partial charge in [0.2, 0.25) is 5.91 Å². The molecule has 0 spiro atoms. The van der Waals surface area contributed by atoms with Crippen molar-refractivity contribution >= 4 is 34.9 Å². The van der Waals surface area contributed by atoms with Crippen molar-refractivity contribution in [3.8, 4) is 0 Å². The molecule has 6 heteroatoms. The number of anilines is 1. The number of benzene rings is 1. The summed E-state index contributed by atoms with van der Waals surface area (Å²) in [6.07, 6.45) is 3.45. The highest BCUT2D eigenvalue weighted by Crippen LogP contribution is 2.30. The average Bonchev–Trinajstić information content (AvgIpc) is 2.53.